The highest BCUT2D eigenvalue weighted by molar-refractivity contribution is 5.54. The molecule has 0 saturated carbocycles. The van der Waals surface area contributed by atoms with Crippen molar-refractivity contribution in [3.8, 4) is 0 Å². The van der Waals surface area contributed by atoms with E-state index in [1.54, 1.807) is 7.11 Å². The normalized spacial score (nSPS) is 22.4. The molecule has 1 aliphatic rings. The van der Waals surface area contributed by atoms with E-state index in [2.05, 4.69) is 23.5 Å². The summed E-state index contributed by atoms with van der Waals surface area (Å²) < 4.78 is 5.05. The molecule has 0 radical (unpaired) electrons. The fourth-order valence-corrected chi connectivity index (χ4v) is 2.39. The molecule has 0 aromatic heterocycles. The van der Waals surface area contributed by atoms with Gasteiger partial charge in [-0.25, -0.2) is 0 Å². The number of benzene rings is 1. The van der Waals surface area contributed by atoms with Crippen LogP contribution in [-0.2, 0) is 11.2 Å². The van der Waals surface area contributed by atoms with Crippen molar-refractivity contribution in [2.45, 2.75) is 37.8 Å². The summed E-state index contributed by atoms with van der Waals surface area (Å²) in [6.07, 6.45) is 2.65. The minimum absolute atomic E-state index is 0.104. The Kier molecular flexibility index (Phi) is 3.69. The minimum Gasteiger partial charge on any atom is -0.388 e. The smallest absolute Gasteiger partial charge is 0.0841 e. The molecule has 17 heavy (non-hydrogen) atoms. The molecule has 0 aliphatic carbocycles. The van der Waals surface area contributed by atoms with Crippen LogP contribution in [0.4, 0.5) is 5.69 Å². The number of anilines is 1. The van der Waals surface area contributed by atoms with Crippen molar-refractivity contribution >= 4 is 5.69 Å². The van der Waals surface area contributed by atoms with Crippen LogP contribution in [0.3, 0.4) is 0 Å². The lowest BCUT2D eigenvalue weighted by Gasteiger charge is -2.37. The van der Waals surface area contributed by atoms with Crippen LogP contribution in [0.2, 0.25) is 0 Å². The van der Waals surface area contributed by atoms with Crippen LogP contribution in [0.5, 0.6) is 0 Å². The Morgan fingerprint density at radius 2 is 2.24 bits per heavy atom. The molecular formula is C14H21NO2. The first-order valence-corrected chi connectivity index (χ1v) is 6.19. The van der Waals surface area contributed by atoms with E-state index in [0.717, 1.165) is 18.5 Å². The lowest BCUT2D eigenvalue weighted by atomic mass is 9.85. The molecule has 0 amide bonds. The van der Waals surface area contributed by atoms with Gasteiger partial charge in [-0.3, -0.25) is 0 Å². The second kappa shape index (κ2) is 5.07. The molecule has 94 valence electrons. The van der Waals surface area contributed by atoms with Crippen LogP contribution >= 0.6 is 0 Å². The highest BCUT2D eigenvalue weighted by atomic mass is 16.5. The second-order valence-electron chi connectivity index (χ2n) is 4.99. The van der Waals surface area contributed by atoms with E-state index in [1.807, 2.05) is 13.0 Å². The van der Waals surface area contributed by atoms with Crippen molar-refractivity contribution in [3.05, 3.63) is 29.8 Å². The second-order valence-corrected chi connectivity index (χ2v) is 4.99. The van der Waals surface area contributed by atoms with Gasteiger partial charge in [-0.1, -0.05) is 18.2 Å². The number of aryl methyl sites for hydroxylation is 1. The van der Waals surface area contributed by atoms with Gasteiger partial charge in [-0.2, -0.15) is 0 Å². The van der Waals surface area contributed by atoms with E-state index in [4.69, 9.17) is 4.74 Å². The summed E-state index contributed by atoms with van der Waals surface area (Å²) >= 11 is 0. The number of aliphatic hydroxyl groups is 1. The third-order valence-electron chi connectivity index (χ3n) is 3.61. The Balaban J connectivity index is 2.06. The summed E-state index contributed by atoms with van der Waals surface area (Å²) in [5.41, 5.74) is 1.77. The van der Waals surface area contributed by atoms with Gasteiger partial charge in [0.25, 0.3) is 0 Å². The Morgan fingerprint density at radius 1 is 1.47 bits per heavy atom. The minimum atomic E-state index is -0.719. The Morgan fingerprint density at radius 3 is 3.00 bits per heavy atom. The Labute approximate surface area is 103 Å². The first kappa shape index (κ1) is 12.4. The van der Waals surface area contributed by atoms with Crippen molar-refractivity contribution in [2.24, 2.45) is 0 Å². The third kappa shape index (κ3) is 2.79. The number of hydrogen-bond donors (Lipinski definition) is 2. The molecule has 0 bridgehead atoms. The molecule has 2 unspecified atom stereocenters. The first-order valence-electron chi connectivity index (χ1n) is 6.19. The molecular weight excluding hydrogens is 214 g/mol. The van der Waals surface area contributed by atoms with Gasteiger partial charge in [0, 0.05) is 25.8 Å². The van der Waals surface area contributed by atoms with Crippen LogP contribution in [-0.4, -0.2) is 30.5 Å². The molecule has 0 spiro atoms. The van der Waals surface area contributed by atoms with Gasteiger partial charge in [0.15, 0.2) is 0 Å². The van der Waals surface area contributed by atoms with Crippen LogP contribution in [0, 0.1) is 0 Å². The number of hydrogen-bond acceptors (Lipinski definition) is 3. The van der Waals surface area contributed by atoms with Crippen LogP contribution in [0.25, 0.3) is 0 Å². The number of rotatable bonds is 4. The highest BCUT2D eigenvalue weighted by Gasteiger charge is 2.33. The van der Waals surface area contributed by atoms with Crippen molar-refractivity contribution in [3.63, 3.8) is 0 Å². The van der Waals surface area contributed by atoms with Crippen LogP contribution in [0.1, 0.15) is 25.3 Å². The highest BCUT2D eigenvalue weighted by Crippen LogP contribution is 2.30. The zero-order valence-electron chi connectivity index (χ0n) is 10.6. The number of para-hydroxylation sites is 1. The summed E-state index contributed by atoms with van der Waals surface area (Å²) in [6.45, 7) is 2.48. The van der Waals surface area contributed by atoms with Gasteiger partial charge in [0.2, 0.25) is 0 Å². The molecule has 1 heterocycles. The molecule has 1 aromatic rings. The monoisotopic (exact) mass is 235 g/mol. The van der Waals surface area contributed by atoms with Crippen LogP contribution < -0.4 is 5.32 Å². The van der Waals surface area contributed by atoms with Crippen molar-refractivity contribution < 1.29 is 9.84 Å². The SMILES string of the molecule is COCCC(C)(O)C1CCc2ccccc2N1. The number of nitrogens with one attached hydrogen (secondary N) is 1. The maximum absolute atomic E-state index is 10.5. The van der Waals surface area contributed by atoms with Crippen molar-refractivity contribution in [1.29, 1.82) is 0 Å². The number of methoxy groups -OCH3 is 1. The molecule has 0 fully saturated rings. The largest absolute Gasteiger partial charge is 0.388 e. The van der Waals surface area contributed by atoms with E-state index in [-0.39, 0.29) is 6.04 Å². The average molecular weight is 235 g/mol. The summed E-state index contributed by atoms with van der Waals surface area (Å²) in [5, 5.41) is 13.9. The molecule has 2 N–H and O–H groups in total. The van der Waals surface area contributed by atoms with E-state index < -0.39 is 5.60 Å². The van der Waals surface area contributed by atoms with Gasteiger partial charge in [0.05, 0.1) is 11.6 Å². The van der Waals surface area contributed by atoms with E-state index in [9.17, 15) is 5.11 Å². The summed E-state index contributed by atoms with van der Waals surface area (Å²) in [6, 6.07) is 8.41. The van der Waals surface area contributed by atoms with Gasteiger partial charge in [-0.15, -0.1) is 0 Å². The molecule has 2 rings (SSSR count). The summed E-state index contributed by atoms with van der Waals surface area (Å²) in [7, 11) is 1.67. The predicted octanol–water partition coefficient (Wildman–Crippen LogP) is 2.20. The standard InChI is InChI=1S/C14H21NO2/c1-14(16,9-10-17-2)13-8-7-11-5-3-4-6-12(11)15-13/h3-6,13,15-16H,7-10H2,1-2H3. The molecule has 3 heteroatoms. The quantitative estimate of drug-likeness (QED) is 0.840. The zero-order chi connectivity index (χ0) is 12.3. The first-order chi connectivity index (χ1) is 8.13. The van der Waals surface area contributed by atoms with Gasteiger partial charge in [-0.05, 0) is 31.4 Å². The molecule has 2 atom stereocenters. The maximum Gasteiger partial charge on any atom is 0.0841 e. The number of ether oxygens (including phenoxy) is 1. The number of fused-ring (bicyclic) bond motifs is 1. The van der Waals surface area contributed by atoms with Gasteiger partial charge in [0.1, 0.15) is 0 Å². The molecule has 3 nitrogen and oxygen atoms in total. The lowest BCUT2D eigenvalue weighted by molar-refractivity contribution is 0.00544. The van der Waals surface area contributed by atoms with E-state index in [1.165, 1.54) is 5.56 Å². The maximum atomic E-state index is 10.5. The molecule has 0 saturated heterocycles. The predicted molar refractivity (Wildman–Crippen MR) is 69.3 cm³/mol. The zero-order valence-corrected chi connectivity index (χ0v) is 10.6. The summed E-state index contributed by atoms with van der Waals surface area (Å²) in [5.74, 6) is 0. The average Bonchev–Trinajstić information content (AvgIpc) is 2.36. The van der Waals surface area contributed by atoms with Crippen molar-refractivity contribution in [1.82, 2.24) is 0 Å². The fourth-order valence-electron chi connectivity index (χ4n) is 2.39. The lowest BCUT2D eigenvalue weighted by Crippen LogP contribution is -2.47. The van der Waals surface area contributed by atoms with E-state index >= 15 is 0 Å². The Hall–Kier alpha value is -1.06. The van der Waals surface area contributed by atoms with Gasteiger partial charge < -0.3 is 15.2 Å². The van der Waals surface area contributed by atoms with Crippen LogP contribution in [0.15, 0.2) is 24.3 Å². The fraction of sp³-hybridized carbons (Fsp3) is 0.571. The third-order valence-corrected chi connectivity index (χ3v) is 3.61. The molecule has 1 aliphatic heterocycles. The Bertz CT molecular complexity index is 376. The van der Waals surface area contributed by atoms with Crippen molar-refractivity contribution in [2.75, 3.05) is 19.0 Å². The summed E-state index contributed by atoms with van der Waals surface area (Å²) in [4.78, 5) is 0. The van der Waals surface area contributed by atoms with Gasteiger partial charge >= 0.3 is 0 Å². The molecule has 1 aromatic carbocycles. The van der Waals surface area contributed by atoms with E-state index in [0.29, 0.717) is 13.0 Å². The topological polar surface area (TPSA) is 41.5 Å².